The van der Waals surface area contributed by atoms with Crippen LogP contribution in [0, 0.1) is 11.3 Å². The SMILES string of the molecule is COc1ccc(C(C)(C)C)cc1C(N)C#N. The molecule has 2 N–H and O–H groups in total. The zero-order valence-corrected chi connectivity index (χ0v) is 10.2. The molecule has 1 aromatic carbocycles. The van der Waals surface area contributed by atoms with Crippen LogP contribution in [-0.2, 0) is 5.41 Å². The molecular weight excluding hydrogens is 200 g/mol. The first-order chi connectivity index (χ1) is 7.40. The van der Waals surface area contributed by atoms with E-state index in [1.54, 1.807) is 7.11 Å². The maximum Gasteiger partial charge on any atom is 0.124 e. The maximum absolute atomic E-state index is 8.87. The summed E-state index contributed by atoms with van der Waals surface area (Å²) < 4.78 is 5.20. The third-order valence-electron chi connectivity index (χ3n) is 2.57. The van der Waals surface area contributed by atoms with Gasteiger partial charge in [-0.25, -0.2) is 0 Å². The Kier molecular flexibility index (Phi) is 3.56. The molecule has 3 nitrogen and oxygen atoms in total. The summed E-state index contributed by atoms with van der Waals surface area (Å²) in [4.78, 5) is 0. The van der Waals surface area contributed by atoms with Gasteiger partial charge in [-0.2, -0.15) is 5.26 Å². The summed E-state index contributed by atoms with van der Waals surface area (Å²) >= 11 is 0. The van der Waals surface area contributed by atoms with E-state index in [1.807, 2.05) is 24.3 Å². The molecule has 0 spiro atoms. The van der Waals surface area contributed by atoms with Crippen molar-refractivity contribution < 1.29 is 4.74 Å². The molecule has 1 rings (SSSR count). The summed E-state index contributed by atoms with van der Waals surface area (Å²) in [6.45, 7) is 6.36. The van der Waals surface area contributed by atoms with Crippen LogP contribution >= 0.6 is 0 Å². The lowest BCUT2D eigenvalue weighted by Gasteiger charge is -2.21. The van der Waals surface area contributed by atoms with E-state index in [1.165, 1.54) is 0 Å². The Bertz CT molecular complexity index is 413. The van der Waals surface area contributed by atoms with Crippen molar-refractivity contribution in [3.05, 3.63) is 29.3 Å². The van der Waals surface area contributed by atoms with Gasteiger partial charge in [0.2, 0.25) is 0 Å². The number of nitrogens with two attached hydrogens (primary N) is 1. The Labute approximate surface area is 96.8 Å². The molecule has 0 aliphatic rings. The molecule has 1 unspecified atom stereocenters. The lowest BCUT2D eigenvalue weighted by molar-refractivity contribution is 0.407. The highest BCUT2D eigenvalue weighted by molar-refractivity contribution is 5.43. The number of methoxy groups -OCH3 is 1. The average Bonchev–Trinajstić information content (AvgIpc) is 2.25. The van der Waals surface area contributed by atoms with E-state index in [2.05, 4.69) is 20.8 Å². The van der Waals surface area contributed by atoms with Gasteiger partial charge in [-0.3, -0.25) is 0 Å². The Morgan fingerprint density at radius 2 is 2.00 bits per heavy atom. The quantitative estimate of drug-likeness (QED) is 0.829. The standard InChI is InChI=1S/C13H18N2O/c1-13(2,3)9-5-6-12(16-4)10(7-9)11(15)8-14/h5-7,11H,15H2,1-4H3. The molecule has 0 amide bonds. The van der Waals surface area contributed by atoms with Crippen LogP contribution in [0.2, 0.25) is 0 Å². The van der Waals surface area contributed by atoms with E-state index in [9.17, 15) is 0 Å². The van der Waals surface area contributed by atoms with Gasteiger partial charge in [-0.1, -0.05) is 26.8 Å². The third-order valence-corrected chi connectivity index (χ3v) is 2.57. The number of nitrogens with zero attached hydrogens (tertiary/aromatic N) is 1. The van der Waals surface area contributed by atoms with Gasteiger partial charge in [0.05, 0.1) is 13.2 Å². The van der Waals surface area contributed by atoms with Gasteiger partial charge in [0.15, 0.2) is 0 Å². The number of ether oxygens (including phenoxy) is 1. The Morgan fingerprint density at radius 3 is 2.44 bits per heavy atom. The van der Waals surface area contributed by atoms with E-state index in [0.29, 0.717) is 5.75 Å². The number of hydrogen-bond acceptors (Lipinski definition) is 3. The van der Waals surface area contributed by atoms with Crippen LogP contribution in [0.5, 0.6) is 5.75 Å². The van der Waals surface area contributed by atoms with E-state index in [4.69, 9.17) is 15.7 Å². The number of benzene rings is 1. The van der Waals surface area contributed by atoms with Gasteiger partial charge in [-0.05, 0) is 23.1 Å². The normalized spacial score (nSPS) is 13.0. The molecule has 0 saturated carbocycles. The van der Waals surface area contributed by atoms with Crippen LogP contribution in [0.3, 0.4) is 0 Å². The molecule has 1 atom stereocenters. The minimum absolute atomic E-state index is 0.0379. The molecule has 0 fully saturated rings. The summed E-state index contributed by atoms with van der Waals surface area (Å²) in [6.07, 6.45) is 0. The van der Waals surface area contributed by atoms with E-state index < -0.39 is 6.04 Å². The molecular formula is C13H18N2O. The highest BCUT2D eigenvalue weighted by Crippen LogP contribution is 2.30. The summed E-state index contributed by atoms with van der Waals surface area (Å²) in [5, 5.41) is 8.87. The monoisotopic (exact) mass is 218 g/mol. The zero-order chi connectivity index (χ0) is 12.3. The first-order valence-corrected chi connectivity index (χ1v) is 5.23. The van der Waals surface area contributed by atoms with Crippen LogP contribution < -0.4 is 10.5 Å². The summed E-state index contributed by atoms with van der Waals surface area (Å²) in [6, 6.07) is 7.22. The highest BCUT2D eigenvalue weighted by atomic mass is 16.5. The van der Waals surface area contributed by atoms with E-state index in [-0.39, 0.29) is 5.41 Å². The van der Waals surface area contributed by atoms with Gasteiger partial charge in [-0.15, -0.1) is 0 Å². The largest absolute Gasteiger partial charge is 0.496 e. The highest BCUT2D eigenvalue weighted by Gasteiger charge is 2.18. The molecule has 3 heteroatoms. The van der Waals surface area contributed by atoms with Crippen molar-refractivity contribution in [3.63, 3.8) is 0 Å². The maximum atomic E-state index is 8.87. The van der Waals surface area contributed by atoms with Gasteiger partial charge in [0, 0.05) is 5.56 Å². The van der Waals surface area contributed by atoms with Crippen molar-refractivity contribution in [2.45, 2.75) is 32.2 Å². The average molecular weight is 218 g/mol. The molecule has 0 aromatic heterocycles. The van der Waals surface area contributed by atoms with Crippen LogP contribution in [0.25, 0.3) is 0 Å². The second-order valence-electron chi connectivity index (χ2n) is 4.81. The molecule has 0 heterocycles. The second kappa shape index (κ2) is 4.54. The van der Waals surface area contributed by atoms with Crippen molar-refractivity contribution in [3.8, 4) is 11.8 Å². The van der Waals surface area contributed by atoms with Crippen molar-refractivity contribution in [1.82, 2.24) is 0 Å². The van der Waals surface area contributed by atoms with Gasteiger partial charge in [0.1, 0.15) is 11.8 Å². The number of rotatable bonds is 2. The fourth-order valence-corrected chi connectivity index (χ4v) is 1.51. The van der Waals surface area contributed by atoms with Crippen LogP contribution in [0.4, 0.5) is 0 Å². The number of nitriles is 1. The Morgan fingerprint density at radius 1 is 1.38 bits per heavy atom. The predicted molar refractivity (Wildman–Crippen MR) is 64.2 cm³/mol. The Hall–Kier alpha value is -1.53. The fourth-order valence-electron chi connectivity index (χ4n) is 1.51. The topological polar surface area (TPSA) is 59.0 Å². The molecule has 16 heavy (non-hydrogen) atoms. The first-order valence-electron chi connectivity index (χ1n) is 5.23. The van der Waals surface area contributed by atoms with Crippen molar-refractivity contribution >= 4 is 0 Å². The van der Waals surface area contributed by atoms with Crippen LogP contribution in [0.1, 0.15) is 37.9 Å². The predicted octanol–water partition coefficient (Wildman–Crippen LogP) is 2.52. The molecule has 0 aliphatic carbocycles. The minimum atomic E-state index is -0.641. The minimum Gasteiger partial charge on any atom is -0.496 e. The molecule has 0 radical (unpaired) electrons. The lowest BCUT2D eigenvalue weighted by Crippen LogP contribution is -2.14. The number of hydrogen-bond donors (Lipinski definition) is 1. The molecule has 0 aliphatic heterocycles. The van der Waals surface area contributed by atoms with Crippen LogP contribution in [-0.4, -0.2) is 7.11 Å². The van der Waals surface area contributed by atoms with E-state index in [0.717, 1.165) is 11.1 Å². The summed E-state index contributed by atoms with van der Waals surface area (Å²) in [7, 11) is 1.58. The summed E-state index contributed by atoms with van der Waals surface area (Å²) in [5.41, 5.74) is 7.67. The zero-order valence-electron chi connectivity index (χ0n) is 10.2. The van der Waals surface area contributed by atoms with Gasteiger partial charge >= 0.3 is 0 Å². The third kappa shape index (κ3) is 2.53. The molecule has 0 bridgehead atoms. The fraction of sp³-hybridized carbons (Fsp3) is 0.462. The van der Waals surface area contributed by atoms with Crippen molar-refractivity contribution in [2.75, 3.05) is 7.11 Å². The first kappa shape index (κ1) is 12.5. The van der Waals surface area contributed by atoms with Crippen molar-refractivity contribution in [1.29, 1.82) is 5.26 Å². The van der Waals surface area contributed by atoms with Crippen LogP contribution in [0.15, 0.2) is 18.2 Å². The Balaban J connectivity index is 3.28. The molecule has 0 saturated heterocycles. The summed E-state index contributed by atoms with van der Waals surface area (Å²) in [5.74, 6) is 0.669. The van der Waals surface area contributed by atoms with Crippen molar-refractivity contribution in [2.24, 2.45) is 5.73 Å². The van der Waals surface area contributed by atoms with E-state index >= 15 is 0 Å². The second-order valence-corrected chi connectivity index (χ2v) is 4.81. The lowest BCUT2D eigenvalue weighted by atomic mass is 9.85. The van der Waals surface area contributed by atoms with Gasteiger partial charge < -0.3 is 10.5 Å². The molecule has 86 valence electrons. The van der Waals surface area contributed by atoms with Gasteiger partial charge in [0.25, 0.3) is 0 Å². The molecule has 1 aromatic rings. The smallest absolute Gasteiger partial charge is 0.124 e.